The van der Waals surface area contributed by atoms with Crippen LogP contribution in [0.15, 0.2) is 152 Å². The molecule has 0 radical (unpaired) electrons. The first-order chi connectivity index (χ1) is 25.7. The smallest absolute Gasteiger partial charge is 0.108 e. The zero-order chi connectivity index (χ0) is 34.8. The molecule has 4 nitrogen and oxygen atoms in total. The molecule has 0 atom stereocenters. The fourth-order valence-corrected chi connectivity index (χ4v) is 8.38. The zero-order valence-electron chi connectivity index (χ0n) is 29.0. The zero-order valence-corrected chi connectivity index (χ0v) is 29.0. The number of benzene rings is 7. The van der Waals surface area contributed by atoms with Crippen molar-refractivity contribution in [3.8, 4) is 67.0 Å². The van der Waals surface area contributed by atoms with Gasteiger partial charge in [0.05, 0.1) is 5.52 Å². The lowest BCUT2D eigenvalue weighted by Crippen LogP contribution is -2.04. The van der Waals surface area contributed by atoms with Crippen LogP contribution in [0.1, 0.15) is 22.3 Å². The number of aryl methyl sites for hydroxylation is 1. The van der Waals surface area contributed by atoms with Crippen molar-refractivity contribution in [1.29, 1.82) is 0 Å². The largest absolute Gasteiger partial charge is 0.354 e. The molecular formula is C48H34N4. The first-order valence-corrected chi connectivity index (χ1v) is 17.8. The molecule has 0 unspecified atom stereocenters. The highest BCUT2D eigenvalue weighted by molar-refractivity contribution is 6.16. The van der Waals surface area contributed by atoms with E-state index in [0.29, 0.717) is 0 Å². The van der Waals surface area contributed by atoms with E-state index in [-0.39, 0.29) is 0 Å². The van der Waals surface area contributed by atoms with Crippen molar-refractivity contribution < 1.29 is 0 Å². The van der Waals surface area contributed by atoms with Crippen LogP contribution in [0.4, 0.5) is 0 Å². The molecule has 9 aromatic rings. The molecular weight excluding hydrogens is 633 g/mol. The van der Waals surface area contributed by atoms with E-state index in [0.717, 1.165) is 73.2 Å². The van der Waals surface area contributed by atoms with Gasteiger partial charge < -0.3 is 4.98 Å². The molecule has 246 valence electrons. The number of nitrogens with one attached hydrogen (secondary N) is 1. The normalized spacial score (nSPS) is 12.0. The maximum atomic E-state index is 5.02. The van der Waals surface area contributed by atoms with Crippen LogP contribution in [0.2, 0.25) is 0 Å². The minimum atomic E-state index is 0.799. The summed E-state index contributed by atoms with van der Waals surface area (Å²) in [5, 5.41) is 16.8. The summed E-state index contributed by atoms with van der Waals surface area (Å²) in [4.78, 5) is 3.86. The lowest BCUT2D eigenvalue weighted by Gasteiger charge is -2.21. The number of aromatic nitrogens is 4. The van der Waals surface area contributed by atoms with Gasteiger partial charge in [-0.05, 0) is 92.7 Å². The van der Waals surface area contributed by atoms with E-state index in [2.05, 4.69) is 176 Å². The van der Waals surface area contributed by atoms with Crippen LogP contribution in [0.5, 0.6) is 0 Å². The fourth-order valence-electron chi connectivity index (χ4n) is 8.38. The molecule has 1 N–H and O–H groups in total. The van der Waals surface area contributed by atoms with Crippen molar-refractivity contribution in [2.24, 2.45) is 0 Å². The van der Waals surface area contributed by atoms with E-state index < -0.39 is 0 Å². The third kappa shape index (κ3) is 4.65. The molecule has 10 rings (SSSR count). The Hall–Kier alpha value is -6.65. The summed E-state index contributed by atoms with van der Waals surface area (Å²) in [6.07, 6.45) is 0.884. The molecule has 0 spiro atoms. The quantitative estimate of drug-likeness (QED) is 0.199. The lowest BCUT2D eigenvalue weighted by molar-refractivity contribution is 0.879. The Bertz CT molecular complexity index is 2830. The summed E-state index contributed by atoms with van der Waals surface area (Å²) in [5.41, 5.74) is 20.3. The van der Waals surface area contributed by atoms with Gasteiger partial charge >= 0.3 is 0 Å². The maximum absolute atomic E-state index is 5.02. The second kappa shape index (κ2) is 12.0. The lowest BCUT2D eigenvalue weighted by atomic mass is 9.83. The van der Waals surface area contributed by atoms with Crippen molar-refractivity contribution >= 4 is 21.8 Å². The highest BCUT2D eigenvalue weighted by Gasteiger charge is 2.29. The van der Waals surface area contributed by atoms with Gasteiger partial charge in [-0.1, -0.05) is 146 Å². The van der Waals surface area contributed by atoms with Crippen LogP contribution < -0.4 is 0 Å². The second-order valence-electron chi connectivity index (χ2n) is 13.8. The Morgan fingerprint density at radius 2 is 1.13 bits per heavy atom. The average molecular weight is 667 g/mol. The number of nitrogens with zero attached hydrogens (tertiary/aromatic N) is 3. The molecule has 1 aliphatic rings. The first-order valence-electron chi connectivity index (χ1n) is 17.8. The number of H-pyrrole nitrogens is 1. The van der Waals surface area contributed by atoms with Gasteiger partial charge in [0.15, 0.2) is 0 Å². The standard InChI is InChI=1S/C48H34N4/c1-29-27-40-35-21-10-9-19-33(35)28-41(40)43(30(29)2)39-26-25-38-36-22-13-14-24-42(36)49-46(38)45(39)48-44(32-17-7-4-8-18-32)47(50-52-51-48)37-23-12-11-20-34(37)31-15-5-3-6-16-31/h3-27,49H,28H2,1-2H3. The highest BCUT2D eigenvalue weighted by atomic mass is 15.3. The van der Waals surface area contributed by atoms with Crippen LogP contribution in [0.25, 0.3) is 88.8 Å². The second-order valence-corrected chi connectivity index (χ2v) is 13.8. The van der Waals surface area contributed by atoms with E-state index in [4.69, 9.17) is 10.2 Å². The molecule has 2 heterocycles. The Morgan fingerprint density at radius 3 is 1.94 bits per heavy atom. The topological polar surface area (TPSA) is 54.5 Å². The Kier molecular flexibility index (Phi) is 6.97. The predicted molar refractivity (Wildman–Crippen MR) is 214 cm³/mol. The van der Waals surface area contributed by atoms with Crippen molar-refractivity contribution in [3.63, 3.8) is 0 Å². The third-order valence-electron chi connectivity index (χ3n) is 10.9. The molecule has 0 aliphatic heterocycles. The molecule has 0 bridgehead atoms. The number of rotatable bonds is 5. The Labute approximate surface area is 302 Å². The molecule has 0 saturated heterocycles. The number of aromatic amines is 1. The summed E-state index contributed by atoms with van der Waals surface area (Å²) in [6, 6.07) is 53.9. The van der Waals surface area contributed by atoms with Crippen molar-refractivity contribution in [3.05, 3.63) is 174 Å². The van der Waals surface area contributed by atoms with Gasteiger partial charge in [-0.15, -0.1) is 10.2 Å². The summed E-state index contributed by atoms with van der Waals surface area (Å²) >= 11 is 0. The molecule has 2 aromatic heterocycles. The van der Waals surface area contributed by atoms with E-state index in [1.807, 2.05) is 0 Å². The SMILES string of the molecule is Cc1cc2c(c(-c3ccc4c([nH]c5ccccc54)c3-c3nnnc(-c4ccccc4-c4ccccc4)c3-c3ccccc3)c1C)Cc1ccccc1-2. The van der Waals surface area contributed by atoms with Gasteiger partial charge in [-0.25, -0.2) is 0 Å². The molecule has 0 saturated carbocycles. The molecule has 52 heavy (non-hydrogen) atoms. The third-order valence-corrected chi connectivity index (χ3v) is 10.9. The van der Waals surface area contributed by atoms with Crippen molar-refractivity contribution in [2.75, 3.05) is 0 Å². The fraction of sp³-hybridized carbons (Fsp3) is 0.0625. The predicted octanol–water partition coefficient (Wildman–Crippen LogP) is 12.0. The summed E-state index contributed by atoms with van der Waals surface area (Å²) in [6.45, 7) is 4.51. The molecule has 1 aliphatic carbocycles. The Morgan fingerprint density at radius 1 is 0.481 bits per heavy atom. The summed E-state index contributed by atoms with van der Waals surface area (Å²) < 4.78 is 0. The number of hydrogen-bond acceptors (Lipinski definition) is 3. The summed E-state index contributed by atoms with van der Waals surface area (Å²) in [7, 11) is 0. The molecule has 7 aromatic carbocycles. The number of fused-ring (bicyclic) bond motifs is 6. The number of hydrogen-bond donors (Lipinski definition) is 1. The van der Waals surface area contributed by atoms with Gasteiger partial charge in [0.25, 0.3) is 0 Å². The van der Waals surface area contributed by atoms with Crippen LogP contribution in [-0.2, 0) is 6.42 Å². The average Bonchev–Trinajstić information content (AvgIpc) is 3.76. The molecule has 0 amide bonds. The van der Waals surface area contributed by atoms with Gasteiger partial charge in [-0.2, -0.15) is 0 Å². The van der Waals surface area contributed by atoms with Gasteiger partial charge in [0, 0.05) is 33.0 Å². The number of para-hydroxylation sites is 1. The van der Waals surface area contributed by atoms with E-state index in [1.54, 1.807) is 0 Å². The highest BCUT2D eigenvalue weighted by Crippen LogP contribution is 2.50. The minimum absolute atomic E-state index is 0.799. The van der Waals surface area contributed by atoms with Gasteiger partial charge in [-0.3, -0.25) is 0 Å². The van der Waals surface area contributed by atoms with Crippen LogP contribution in [0, 0.1) is 13.8 Å². The Balaban J connectivity index is 1.35. The van der Waals surface area contributed by atoms with E-state index >= 15 is 0 Å². The molecule has 4 heteroatoms. The van der Waals surface area contributed by atoms with Crippen LogP contribution in [0.3, 0.4) is 0 Å². The van der Waals surface area contributed by atoms with E-state index in [1.165, 1.54) is 44.3 Å². The minimum Gasteiger partial charge on any atom is -0.354 e. The van der Waals surface area contributed by atoms with Gasteiger partial charge in [0.1, 0.15) is 11.4 Å². The maximum Gasteiger partial charge on any atom is 0.108 e. The van der Waals surface area contributed by atoms with E-state index in [9.17, 15) is 0 Å². The monoisotopic (exact) mass is 666 g/mol. The van der Waals surface area contributed by atoms with Crippen LogP contribution in [-0.4, -0.2) is 20.4 Å². The van der Waals surface area contributed by atoms with Crippen LogP contribution >= 0.6 is 0 Å². The first kappa shape index (κ1) is 30.2. The van der Waals surface area contributed by atoms with Crippen molar-refractivity contribution in [1.82, 2.24) is 20.4 Å². The molecule has 0 fully saturated rings. The van der Waals surface area contributed by atoms with Gasteiger partial charge in [0.2, 0.25) is 0 Å². The summed E-state index contributed by atoms with van der Waals surface area (Å²) in [5.74, 6) is 0. The van der Waals surface area contributed by atoms with Crippen molar-refractivity contribution in [2.45, 2.75) is 20.3 Å².